The normalized spacial score (nSPS) is 19.6. The molecule has 1 fully saturated rings. The van der Waals surface area contributed by atoms with Crippen LogP contribution < -0.4 is 5.32 Å². The lowest BCUT2D eigenvalue weighted by molar-refractivity contribution is -0.120. The molecule has 0 radical (unpaired) electrons. The smallest absolute Gasteiger partial charge is 0.282 e. The molecule has 0 aromatic rings. The third-order valence-electron chi connectivity index (χ3n) is 2.63. The van der Waals surface area contributed by atoms with Crippen molar-refractivity contribution < 1.29 is 13.2 Å². The van der Waals surface area contributed by atoms with E-state index in [9.17, 15) is 13.2 Å². The molecule has 1 aliphatic heterocycles. The number of carbonyl (C=O) groups excluding carboxylic acids is 1. The highest BCUT2D eigenvalue weighted by Crippen LogP contribution is 2.09. The molecule has 1 amide bonds. The highest BCUT2D eigenvalue weighted by atomic mass is 32.2. The molecule has 16 heavy (non-hydrogen) atoms. The maximum absolute atomic E-state index is 12.1. The molecule has 7 heteroatoms. The number of nitrogens with zero attached hydrogens (tertiary/aromatic N) is 2. The van der Waals surface area contributed by atoms with Crippen LogP contribution in [0.25, 0.3) is 0 Å². The predicted octanol–water partition coefficient (Wildman–Crippen LogP) is -0.605. The third kappa shape index (κ3) is 2.93. The van der Waals surface area contributed by atoms with Crippen LogP contribution in [0.2, 0.25) is 0 Å². The summed E-state index contributed by atoms with van der Waals surface area (Å²) in [6.45, 7) is 5.53. The largest absolute Gasteiger partial charge is 0.355 e. The van der Waals surface area contributed by atoms with Crippen molar-refractivity contribution >= 4 is 16.1 Å². The van der Waals surface area contributed by atoms with Crippen molar-refractivity contribution in [1.29, 1.82) is 0 Å². The molecule has 1 N–H and O–H groups in total. The summed E-state index contributed by atoms with van der Waals surface area (Å²) in [5, 5.41) is 2.66. The lowest BCUT2D eigenvalue weighted by atomic mass is 10.4. The molecule has 0 aliphatic carbocycles. The Morgan fingerprint density at radius 2 is 1.94 bits per heavy atom. The first kappa shape index (κ1) is 13.4. The molecule has 0 atom stereocenters. The molecular formula is C9H19N3O3S. The highest BCUT2D eigenvalue weighted by molar-refractivity contribution is 7.86. The standard InChI is InChI=1S/C9H19N3O3S/c1-3-11(4-2)16(14,15)12-7-5-9(13)10-6-8-12/h3-8H2,1-2H3,(H,10,13). The van der Waals surface area contributed by atoms with E-state index in [1.54, 1.807) is 0 Å². The van der Waals surface area contributed by atoms with Crippen molar-refractivity contribution in [3.8, 4) is 0 Å². The van der Waals surface area contributed by atoms with Crippen molar-refractivity contribution in [3.05, 3.63) is 0 Å². The van der Waals surface area contributed by atoms with Gasteiger partial charge in [-0.3, -0.25) is 4.79 Å². The summed E-state index contributed by atoms with van der Waals surface area (Å²) in [6, 6.07) is 0. The van der Waals surface area contributed by atoms with Crippen LogP contribution in [0, 0.1) is 0 Å². The highest BCUT2D eigenvalue weighted by Gasteiger charge is 2.29. The molecule has 0 aromatic carbocycles. The van der Waals surface area contributed by atoms with Crippen LogP contribution in [0.5, 0.6) is 0 Å². The molecule has 0 saturated carbocycles. The van der Waals surface area contributed by atoms with Gasteiger partial charge in [0.15, 0.2) is 0 Å². The number of hydrogen-bond donors (Lipinski definition) is 1. The number of nitrogens with one attached hydrogen (secondary N) is 1. The van der Waals surface area contributed by atoms with E-state index in [2.05, 4.69) is 5.32 Å². The fourth-order valence-corrected chi connectivity index (χ4v) is 3.31. The van der Waals surface area contributed by atoms with Crippen LogP contribution in [0.4, 0.5) is 0 Å². The molecule has 1 aliphatic rings. The second kappa shape index (κ2) is 5.60. The molecule has 1 heterocycles. The Kier molecular flexibility index (Phi) is 4.69. The summed E-state index contributed by atoms with van der Waals surface area (Å²) < 4.78 is 27.0. The molecule has 0 spiro atoms. The minimum Gasteiger partial charge on any atom is -0.355 e. The molecular weight excluding hydrogens is 230 g/mol. The number of amides is 1. The van der Waals surface area contributed by atoms with E-state index in [1.165, 1.54) is 8.61 Å². The van der Waals surface area contributed by atoms with Gasteiger partial charge in [-0.1, -0.05) is 13.8 Å². The van der Waals surface area contributed by atoms with Crippen molar-refractivity contribution in [3.63, 3.8) is 0 Å². The van der Waals surface area contributed by atoms with Gasteiger partial charge in [-0.25, -0.2) is 0 Å². The average Bonchev–Trinajstić information content (AvgIpc) is 2.44. The van der Waals surface area contributed by atoms with Crippen LogP contribution in [0.15, 0.2) is 0 Å². The molecule has 1 rings (SSSR count). The second-order valence-corrected chi connectivity index (χ2v) is 5.52. The van der Waals surface area contributed by atoms with Gasteiger partial charge in [0.1, 0.15) is 0 Å². The summed E-state index contributed by atoms with van der Waals surface area (Å²) >= 11 is 0. The van der Waals surface area contributed by atoms with E-state index in [4.69, 9.17) is 0 Å². The number of rotatable bonds is 4. The maximum Gasteiger partial charge on any atom is 0.282 e. The van der Waals surface area contributed by atoms with Crippen LogP contribution in [-0.4, -0.2) is 55.7 Å². The van der Waals surface area contributed by atoms with Crippen molar-refractivity contribution in [2.75, 3.05) is 32.7 Å². The Morgan fingerprint density at radius 1 is 1.31 bits per heavy atom. The van der Waals surface area contributed by atoms with Crippen LogP contribution in [0.3, 0.4) is 0 Å². The summed E-state index contributed by atoms with van der Waals surface area (Å²) in [4.78, 5) is 11.1. The monoisotopic (exact) mass is 249 g/mol. The van der Waals surface area contributed by atoms with Crippen molar-refractivity contribution in [2.45, 2.75) is 20.3 Å². The van der Waals surface area contributed by atoms with Gasteiger partial charge in [0.25, 0.3) is 10.2 Å². The fourth-order valence-electron chi connectivity index (χ4n) is 1.69. The van der Waals surface area contributed by atoms with Crippen molar-refractivity contribution in [1.82, 2.24) is 13.9 Å². The summed E-state index contributed by atoms with van der Waals surface area (Å²) in [6.07, 6.45) is 0.237. The number of carbonyl (C=O) groups is 1. The molecule has 0 aromatic heterocycles. The Balaban J connectivity index is 2.78. The van der Waals surface area contributed by atoms with Crippen LogP contribution in [0.1, 0.15) is 20.3 Å². The first-order valence-electron chi connectivity index (χ1n) is 5.54. The van der Waals surface area contributed by atoms with Crippen LogP contribution >= 0.6 is 0 Å². The average molecular weight is 249 g/mol. The van der Waals surface area contributed by atoms with Gasteiger partial charge in [-0.2, -0.15) is 17.0 Å². The first-order valence-corrected chi connectivity index (χ1v) is 6.94. The van der Waals surface area contributed by atoms with E-state index < -0.39 is 10.2 Å². The van der Waals surface area contributed by atoms with Gasteiger partial charge in [-0.15, -0.1) is 0 Å². The predicted molar refractivity (Wildman–Crippen MR) is 61.0 cm³/mol. The maximum atomic E-state index is 12.1. The molecule has 0 unspecified atom stereocenters. The zero-order valence-corrected chi connectivity index (χ0v) is 10.6. The van der Waals surface area contributed by atoms with E-state index in [-0.39, 0.29) is 18.9 Å². The third-order valence-corrected chi connectivity index (χ3v) is 4.82. The topological polar surface area (TPSA) is 69.7 Å². The molecule has 0 bridgehead atoms. The Hall–Kier alpha value is -0.660. The molecule has 94 valence electrons. The van der Waals surface area contributed by atoms with Crippen LogP contribution in [-0.2, 0) is 15.0 Å². The van der Waals surface area contributed by atoms with Crippen molar-refractivity contribution in [2.24, 2.45) is 0 Å². The van der Waals surface area contributed by atoms with Gasteiger partial charge in [0.05, 0.1) is 0 Å². The van der Waals surface area contributed by atoms with Gasteiger partial charge >= 0.3 is 0 Å². The molecule has 6 nitrogen and oxygen atoms in total. The van der Waals surface area contributed by atoms with E-state index in [0.717, 1.165) is 0 Å². The SMILES string of the molecule is CCN(CC)S(=O)(=O)N1CCNC(=O)CC1. The van der Waals surface area contributed by atoms with E-state index in [0.29, 0.717) is 26.2 Å². The lowest BCUT2D eigenvalue weighted by Crippen LogP contribution is -2.45. The zero-order chi connectivity index (χ0) is 12.2. The summed E-state index contributed by atoms with van der Waals surface area (Å²) in [5.74, 6) is -0.0859. The Bertz CT molecular complexity index is 338. The van der Waals surface area contributed by atoms with Gasteiger partial charge in [0.2, 0.25) is 5.91 Å². The minimum absolute atomic E-state index is 0.0859. The zero-order valence-electron chi connectivity index (χ0n) is 9.77. The first-order chi connectivity index (χ1) is 7.52. The quantitative estimate of drug-likeness (QED) is 0.723. The lowest BCUT2D eigenvalue weighted by Gasteiger charge is -2.26. The summed E-state index contributed by atoms with van der Waals surface area (Å²) in [7, 11) is -3.40. The second-order valence-electron chi connectivity index (χ2n) is 3.59. The Labute approximate surface area is 96.8 Å². The summed E-state index contributed by atoms with van der Waals surface area (Å²) in [5.41, 5.74) is 0. The fraction of sp³-hybridized carbons (Fsp3) is 0.889. The molecule has 1 saturated heterocycles. The Morgan fingerprint density at radius 3 is 2.50 bits per heavy atom. The minimum atomic E-state index is -3.40. The van der Waals surface area contributed by atoms with Gasteiger partial charge in [0, 0.05) is 39.1 Å². The van der Waals surface area contributed by atoms with E-state index >= 15 is 0 Å². The number of hydrogen-bond acceptors (Lipinski definition) is 3. The van der Waals surface area contributed by atoms with E-state index in [1.807, 2.05) is 13.8 Å². The van der Waals surface area contributed by atoms with Gasteiger partial charge in [-0.05, 0) is 0 Å². The van der Waals surface area contributed by atoms with Gasteiger partial charge < -0.3 is 5.32 Å².